The molecule has 112 valence electrons. The predicted octanol–water partition coefficient (Wildman–Crippen LogP) is 2.91. The minimum absolute atomic E-state index is 0.0319. The van der Waals surface area contributed by atoms with Crippen molar-refractivity contribution < 1.29 is 9.53 Å². The highest BCUT2D eigenvalue weighted by atomic mass is 16.6. The van der Waals surface area contributed by atoms with Gasteiger partial charge in [0.1, 0.15) is 6.10 Å². The van der Waals surface area contributed by atoms with Gasteiger partial charge >= 0.3 is 5.97 Å². The van der Waals surface area contributed by atoms with Crippen molar-refractivity contribution in [3.8, 4) is 0 Å². The number of fused-ring (bicyclic) bond motifs is 3. The summed E-state index contributed by atoms with van der Waals surface area (Å²) in [6.07, 6.45) is 8.46. The highest BCUT2D eigenvalue weighted by Crippen LogP contribution is 2.61. The van der Waals surface area contributed by atoms with Gasteiger partial charge in [0.2, 0.25) is 0 Å². The quantitative estimate of drug-likeness (QED) is 0.623. The van der Waals surface area contributed by atoms with Gasteiger partial charge in [0.25, 0.3) is 0 Å². The molecular weight excluding hydrogens is 250 g/mol. The Kier molecular flexibility index (Phi) is 3.65. The van der Waals surface area contributed by atoms with Crippen LogP contribution in [0.25, 0.3) is 0 Å². The molecular formula is C17H27NO2. The van der Waals surface area contributed by atoms with E-state index in [1.54, 1.807) is 0 Å². The van der Waals surface area contributed by atoms with E-state index in [4.69, 9.17) is 4.74 Å². The third-order valence-electron chi connectivity index (χ3n) is 5.82. The van der Waals surface area contributed by atoms with E-state index in [9.17, 15) is 4.79 Å². The van der Waals surface area contributed by atoms with Gasteiger partial charge in [-0.15, -0.1) is 0 Å². The fourth-order valence-electron chi connectivity index (χ4n) is 4.30. The molecule has 3 aliphatic rings. The Morgan fingerprint density at radius 2 is 2.30 bits per heavy atom. The Balaban J connectivity index is 1.83. The van der Waals surface area contributed by atoms with Crippen LogP contribution in [0.4, 0.5) is 0 Å². The molecule has 3 rings (SSSR count). The van der Waals surface area contributed by atoms with Crippen LogP contribution in [0.15, 0.2) is 11.6 Å². The van der Waals surface area contributed by atoms with Gasteiger partial charge in [0.15, 0.2) is 0 Å². The molecule has 5 atom stereocenters. The molecule has 2 aliphatic carbocycles. The average Bonchev–Trinajstić information content (AvgIpc) is 2.97. The lowest BCUT2D eigenvalue weighted by Gasteiger charge is -2.24. The summed E-state index contributed by atoms with van der Waals surface area (Å²) < 4.78 is 5.82. The average molecular weight is 277 g/mol. The van der Waals surface area contributed by atoms with E-state index < -0.39 is 0 Å². The minimum atomic E-state index is 0.0319. The molecule has 1 N–H and O–H groups in total. The zero-order valence-corrected chi connectivity index (χ0v) is 12.9. The summed E-state index contributed by atoms with van der Waals surface area (Å²) >= 11 is 0. The molecule has 0 aromatic carbocycles. The smallest absolute Gasteiger partial charge is 0.310 e. The van der Waals surface area contributed by atoms with Crippen LogP contribution in [0.5, 0.6) is 0 Å². The second-order valence-electron chi connectivity index (χ2n) is 7.32. The van der Waals surface area contributed by atoms with E-state index in [-0.39, 0.29) is 18.0 Å². The summed E-state index contributed by atoms with van der Waals surface area (Å²) in [5, 5.41) is 3.17. The number of esters is 1. The van der Waals surface area contributed by atoms with Gasteiger partial charge in [-0.2, -0.15) is 0 Å². The third kappa shape index (κ3) is 2.41. The number of hydrogen-bond donors (Lipinski definition) is 1. The van der Waals surface area contributed by atoms with Crippen molar-refractivity contribution in [2.24, 2.45) is 23.2 Å². The topological polar surface area (TPSA) is 38.3 Å². The fourth-order valence-corrected chi connectivity index (χ4v) is 4.30. The van der Waals surface area contributed by atoms with E-state index in [1.807, 2.05) is 7.05 Å². The molecule has 1 aliphatic heterocycles. The molecule has 2 fully saturated rings. The van der Waals surface area contributed by atoms with Crippen molar-refractivity contribution in [2.45, 2.75) is 52.1 Å². The molecule has 0 bridgehead atoms. The van der Waals surface area contributed by atoms with E-state index in [0.29, 0.717) is 17.3 Å². The standard InChI is InChI=1S/C17H27NO2/c1-11-5-4-8-17(2)9-14(17)15-12(7-6-11)13(10-18-3)16(19)20-15/h5,12-15,18H,4,6-10H2,1-3H3/b11-5+/t12-,13-,14-,15-,17-/m0/s1. The molecule has 1 heterocycles. The van der Waals surface area contributed by atoms with Crippen LogP contribution < -0.4 is 5.32 Å². The van der Waals surface area contributed by atoms with Crippen molar-refractivity contribution in [3.63, 3.8) is 0 Å². The molecule has 3 nitrogen and oxygen atoms in total. The van der Waals surface area contributed by atoms with Gasteiger partial charge in [-0.05, 0) is 51.5 Å². The largest absolute Gasteiger partial charge is 0.461 e. The van der Waals surface area contributed by atoms with Gasteiger partial charge in [0.05, 0.1) is 5.92 Å². The molecule has 20 heavy (non-hydrogen) atoms. The monoisotopic (exact) mass is 277 g/mol. The van der Waals surface area contributed by atoms with Crippen molar-refractivity contribution >= 4 is 5.97 Å². The Bertz CT molecular complexity index is 431. The normalized spacial score (nSPS) is 46.8. The van der Waals surface area contributed by atoms with Crippen LogP contribution in [0, 0.1) is 23.2 Å². The van der Waals surface area contributed by atoms with Crippen molar-refractivity contribution in [2.75, 3.05) is 13.6 Å². The van der Waals surface area contributed by atoms with Crippen LogP contribution in [0.2, 0.25) is 0 Å². The minimum Gasteiger partial charge on any atom is -0.461 e. The number of allylic oxidation sites excluding steroid dienone is 2. The van der Waals surface area contributed by atoms with Gasteiger partial charge in [-0.25, -0.2) is 0 Å². The Morgan fingerprint density at radius 3 is 3.05 bits per heavy atom. The lowest BCUT2D eigenvalue weighted by molar-refractivity contribution is -0.145. The summed E-state index contributed by atoms with van der Waals surface area (Å²) in [6.45, 7) is 5.36. The molecule has 3 heteroatoms. The van der Waals surface area contributed by atoms with Crippen molar-refractivity contribution in [1.82, 2.24) is 5.32 Å². The predicted molar refractivity (Wildman–Crippen MR) is 79.2 cm³/mol. The first kappa shape index (κ1) is 14.1. The maximum absolute atomic E-state index is 12.2. The molecule has 0 unspecified atom stereocenters. The Hall–Kier alpha value is -0.830. The number of rotatable bonds is 2. The zero-order chi connectivity index (χ0) is 14.3. The van der Waals surface area contributed by atoms with Crippen LogP contribution in [0.1, 0.15) is 46.0 Å². The summed E-state index contributed by atoms with van der Waals surface area (Å²) in [4.78, 5) is 12.2. The molecule has 1 saturated carbocycles. The second-order valence-corrected chi connectivity index (χ2v) is 7.32. The number of nitrogens with one attached hydrogen (secondary N) is 1. The number of carbonyl (C=O) groups excluding carboxylic acids is 1. The number of ether oxygens (including phenoxy) is 1. The third-order valence-corrected chi connectivity index (χ3v) is 5.82. The van der Waals surface area contributed by atoms with Crippen LogP contribution in [-0.2, 0) is 9.53 Å². The molecule has 0 aromatic heterocycles. The molecule has 1 saturated heterocycles. The van der Waals surface area contributed by atoms with E-state index in [0.717, 1.165) is 19.4 Å². The van der Waals surface area contributed by atoms with Crippen LogP contribution >= 0.6 is 0 Å². The zero-order valence-electron chi connectivity index (χ0n) is 12.9. The maximum atomic E-state index is 12.2. The lowest BCUT2D eigenvalue weighted by Crippen LogP contribution is -2.31. The summed E-state index contributed by atoms with van der Waals surface area (Å²) in [5.74, 6) is 1.10. The molecule has 0 aromatic rings. The van der Waals surface area contributed by atoms with Crippen molar-refractivity contribution in [3.05, 3.63) is 11.6 Å². The first-order valence-corrected chi connectivity index (χ1v) is 8.06. The molecule has 0 radical (unpaired) electrons. The van der Waals surface area contributed by atoms with Gasteiger partial charge in [-0.1, -0.05) is 18.6 Å². The Labute approximate surface area is 122 Å². The van der Waals surface area contributed by atoms with Crippen LogP contribution in [0.3, 0.4) is 0 Å². The fraction of sp³-hybridized carbons (Fsp3) is 0.824. The first-order chi connectivity index (χ1) is 9.55. The summed E-state index contributed by atoms with van der Waals surface area (Å²) in [6, 6.07) is 0. The van der Waals surface area contributed by atoms with Crippen LogP contribution in [-0.4, -0.2) is 25.7 Å². The van der Waals surface area contributed by atoms with Gasteiger partial charge < -0.3 is 10.1 Å². The maximum Gasteiger partial charge on any atom is 0.310 e. The van der Waals surface area contributed by atoms with E-state index in [1.165, 1.54) is 24.8 Å². The summed E-state index contributed by atoms with van der Waals surface area (Å²) in [5.41, 5.74) is 1.89. The van der Waals surface area contributed by atoms with E-state index in [2.05, 4.69) is 25.2 Å². The number of hydrogen-bond acceptors (Lipinski definition) is 3. The highest BCUT2D eigenvalue weighted by molar-refractivity contribution is 5.75. The van der Waals surface area contributed by atoms with Gasteiger partial charge in [0, 0.05) is 18.4 Å². The second kappa shape index (κ2) is 5.18. The lowest BCUT2D eigenvalue weighted by atomic mass is 9.80. The van der Waals surface area contributed by atoms with Crippen molar-refractivity contribution in [1.29, 1.82) is 0 Å². The highest BCUT2D eigenvalue weighted by Gasteiger charge is 2.60. The summed E-state index contributed by atoms with van der Waals surface area (Å²) in [7, 11) is 1.92. The molecule has 0 amide bonds. The SMILES string of the molecule is CNC[C@@H]1C(=O)O[C@H]2[C@H]1CC/C(C)=C/CC[C@@]1(C)C[C@@H]21. The molecule has 0 spiro atoms. The van der Waals surface area contributed by atoms with Gasteiger partial charge in [-0.3, -0.25) is 4.79 Å². The number of carbonyl (C=O) groups is 1. The Morgan fingerprint density at radius 1 is 1.50 bits per heavy atom. The van der Waals surface area contributed by atoms with E-state index >= 15 is 0 Å². The first-order valence-electron chi connectivity index (χ1n) is 8.06.